The number of hydrogen-bond donors (Lipinski definition) is 8. The Bertz CT molecular complexity index is 2950. The van der Waals surface area contributed by atoms with Gasteiger partial charge in [-0.05, 0) is 165 Å². The molecule has 3 aromatic rings. The Morgan fingerprint density at radius 1 is 0.885 bits per heavy atom. The zero-order chi connectivity index (χ0) is 54.6. The van der Waals surface area contributed by atoms with Crippen molar-refractivity contribution < 1.29 is 59.2 Å². The summed E-state index contributed by atoms with van der Waals surface area (Å²) in [5.41, 5.74) is 3.63. The van der Waals surface area contributed by atoms with Gasteiger partial charge >= 0.3 is 11.9 Å². The molecule has 3 aliphatic heterocycles. The van der Waals surface area contributed by atoms with Gasteiger partial charge in [0.05, 0.1) is 31.2 Å². The Hall–Kier alpha value is -5.37. The van der Waals surface area contributed by atoms with Crippen LogP contribution in [0.2, 0.25) is 0 Å². The van der Waals surface area contributed by atoms with Crippen molar-refractivity contribution in [3.05, 3.63) is 110 Å². The molecule has 11 rings (SSSR count). The number of carbonyl (C=O) groups excluding carboxylic acids is 3. The van der Waals surface area contributed by atoms with E-state index in [4.69, 9.17) is 14.2 Å². The summed E-state index contributed by atoms with van der Waals surface area (Å²) in [6.07, 6.45) is 8.26. The highest BCUT2D eigenvalue weighted by molar-refractivity contribution is 5.90. The highest BCUT2D eigenvalue weighted by Gasteiger charge is 2.62. The van der Waals surface area contributed by atoms with Gasteiger partial charge in [0, 0.05) is 73.7 Å². The van der Waals surface area contributed by atoms with Crippen molar-refractivity contribution in [3.63, 3.8) is 0 Å². The number of allylic oxidation sites excluding steroid dienone is 2. The molecular formula is C64H78N2O12. The summed E-state index contributed by atoms with van der Waals surface area (Å²) in [6.45, 7) is 1.48. The number of carbonyl (C=O) groups is 3. The second-order valence-corrected chi connectivity index (χ2v) is 24.4. The molecule has 8 aliphatic rings. The van der Waals surface area contributed by atoms with E-state index in [2.05, 4.69) is 52.8 Å². The van der Waals surface area contributed by atoms with Crippen molar-refractivity contribution in [2.75, 3.05) is 39.2 Å². The van der Waals surface area contributed by atoms with Crippen LogP contribution in [0.4, 0.5) is 5.69 Å². The standard InChI is InChI=1S/C64H78N2O12/c1-63(74,56(70)33-76-3)34-66-45-24-42(23-43(25-45)55(69)32-65-2)38-15-16-39-31-58(71)78-61-47(39)28-44(60(72)59(61)37-9-5-4-6-10-37)30-57-64(75)51-12-8-7-11-40(51)27-48-49(53(67)20-19-52(48)64)22-35-13-14-36-17-18-46(50(26-38)62(73)77-57)54(68)29-41(36)21-35/h7,11,13-14,21,23-25,28,37-40,48-49,51-52,54-57,65-66,68-70,72,74-75H,4-6,8-10,12,17-20,22,26-27,29-34H2,1-3H3. The first-order chi connectivity index (χ1) is 37.5. The van der Waals surface area contributed by atoms with Crippen molar-refractivity contribution >= 4 is 23.4 Å². The fraction of sp³-hybridized carbons (Fsp3) is 0.578. The monoisotopic (exact) mass is 1070 g/mol. The topological polar surface area (TPSA) is 224 Å². The molecule has 8 N–H and O–H groups in total. The third-order valence-corrected chi connectivity index (χ3v) is 19.5. The molecule has 5 aliphatic carbocycles. The second-order valence-electron chi connectivity index (χ2n) is 24.4. The van der Waals surface area contributed by atoms with E-state index >= 15 is 4.79 Å². The fourth-order valence-electron chi connectivity index (χ4n) is 15.3. The average molecular weight is 1070 g/mol. The number of esters is 2. The molecule has 13 atom stereocenters. The van der Waals surface area contributed by atoms with E-state index in [9.17, 15) is 40.2 Å². The molecule has 3 aromatic carbocycles. The van der Waals surface area contributed by atoms with Crippen LogP contribution in [0.5, 0.6) is 11.5 Å². The van der Waals surface area contributed by atoms with Crippen molar-refractivity contribution in [1.29, 1.82) is 0 Å². The second kappa shape index (κ2) is 22.3. The minimum Gasteiger partial charge on any atom is -0.507 e. The number of aliphatic hydroxyl groups is 5. The number of hydrogen-bond acceptors (Lipinski definition) is 14. The van der Waals surface area contributed by atoms with Crippen LogP contribution in [-0.4, -0.2) is 112 Å². The molecule has 0 amide bonds. The molecule has 0 spiro atoms. The molecule has 3 saturated carbocycles. The first-order valence-electron chi connectivity index (χ1n) is 28.9. The number of rotatable bonds is 11. The number of benzene rings is 3. The van der Waals surface area contributed by atoms with E-state index in [-0.39, 0.29) is 92.6 Å². The van der Waals surface area contributed by atoms with Gasteiger partial charge in [0.1, 0.15) is 40.7 Å². The highest BCUT2D eigenvalue weighted by atomic mass is 16.6. The Balaban J connectivity index is 1.16. The number of nitrogens with one attached hydrogen (secondary N) is 2. The first kappa shape index (κ1) is 54.6. The molecule has 11 bridgehead atoms. The largest absolute Gasteiger partial charge is 0.507 e. The van der Waals surface area contributed by atoms with Gasteiger partial charge in [-0.2, -0.15) is 0 Å². The summed E-state index contributed by atoms with van der Waals surface area (Å²) in [4.78, 5) is 44.6. The van der Waals surface area contributed by atoms with Gasteiger partial charge in [0.25, 0.3) is 0 Å². The van der Waals surface area contributed by atoms with Gasteiger partial charge in [-0.15, -0.1) is 0 Å². The predicted molar refractivity (Wildman–Crippen MR) is 293 cm³/mol. The SMILES string of the molecule is CNCC(O)c1cc(NCC(C)(O)C(O)COC)cc(C2C#CC3CC(=O)Oc4c3cc(c(O)c4C3CCCCC3)CC3OC(=O)C(=C4CCc5ccc(cc5CC4O)CC4C(=O)CCC5C4CC4C=CCCC4C35O)C2)c1. The van der Waals surface area contributed by atoms with Crippen molar-refractivity contribution in [2.45, 2.75) is 169 Å². The molecule has 14 nitrogen and oxygen atoms in total. The normalized spacial score (nSPS) is 31.3. The van der Waals surface area contributed by atoms with E-state index in [1.807, 2.05) is 18.2 Å². The van der Waals surface area contributed by atoms with Crippen LogP contribution in [-0.2, 0) is 49.5 Å². The quantitative estimate of drug-likeness (QED) is 0.0411. The average Bonchev–Trinajstić information content (AvgIpc) is 3.48. The van der Waals surface area contributed by atoms with Crippen molar-refractivity contribution in [3.8, 4) is 23.3 Å². The molecule has 3 heterocycles. The lowest BCUT2D eigenvalue weighted by molar-refractivity contribution is -0.221. The Morgan fingerprint density at radius 3 is 2.49 bits per heavy atom. The molecule has 0 radical (unpaired) electrons. The maximum absolute atomic E-state index is 16.2. The minimum absolute atomic E-state index is 0.0345. The number of anilines is 1. The van der Waals surface area contributed by atoms with Crippen molar-refractivity contribution in [2.24, 2.45) is 29.6 Å². The lowest BCUT2D eigenvalue weighted by Gasteiger charge is -2.58. The Kier molecular flexibility index (Phi) is 15.6. The first-order valence-corrected chi connectivity index (χ1v) is 28.9. The van der Waals surface area contributed by atoms with Crippen LogP contribution in [0.3, 0.4) is 0 Å². The van der Waals surface area contributed by atoms with E-state index in [1.54, 1.807) is 13.1 Å². The number of aliphatic hydroxyl groups excluding tert-OH is 3. The van der Waals surface area contributed by atoms with Crippen LogP contribution in [0.25, 0.3) is 0 Å². The summed E-state index contributed by atoms with van der Waals surface area (Å²) >= 11 is 0. The summed E-state index contributed by atoms with van der Waals surface area (Å²) in [7, 11) is 3.18. The number of aromatic hydroxyl groups is 1. The molecule has 416 valence electrons. The third-order valence-electron chi connectivity index (χ3n) is 19.5. The van der Waals surface area contributed by atoms with E-state index in [0.717, 1.165) is 48.8 Å². The summed E-state index contributed by atoms with van der Waals surface area (Å²) in [5, 5.41) is 80.2. The molecular weight excluding hydrogens is 989 g/mol. The number of ether oxygens (including phenoxy) is 3. The number of methoxy groups -OCH3 is 1. The summed E-state index contributed by atoms with van der Waals surface area (Å²) in [5.74, 6) is 3.12. The molecule has 3 fully saturated rings. The van der Waals surface area contributed by atoms with Gasteiger partial charge in [-0.25, -0.2) is 4.79 Å². The number of Topliss-reactive ketones (excluding diaryl/α,β-unsaturated/α-hetero) is 1. The number of likely N-dealkylation sites (N-methyl/N-ethyl adjacent to an activating group) is 1. The van der Waals surface area contributed by atoms with Crippen molar-refractivity contribution in [1.82, 2.24) is 5.32 Å². The fourth-order valence-corrected chi connectivity index (χ4v) is 15.3. The molecule has 13 unspecified atom stereocenters. The van der Waals surface area contributed by atoms with Crippen LogP contribution in [0.1, 0.15) is 159 Å². The number of aryl methyl sites for hydroxylation is 1. The molecule has 0 saturated heterocycles. The van der Waals surface area contributed by atoms with E-state index in [0.29, 0.717) is 89.8 Å². The summed E-state index contributed by atoms with van der Waals surface area (Å²) < 4.78 is 18.5. The van der Waals surface area contributed by atoms with Gasteiger partial charge in [-0.1, -0.05) is 67.5 Å². The number of fused-ring (bicyclic) bond motifs is 10. The lowest BCUT2D eigenvalue weighted by atomic mass is 9.49. The maximum Gasteiger partial charge on any atom is 0.334 e. The Labute approximate surface area is 458 Å². The third kappa shape index (κ3) is 10.4. The molecule has 78 heavy (non-hydrogen) atoms. The van der Waals surface area contributed by atoms with Gasteiger partial charge in [0.2, 0.25) is 0 Å². The highest BCUT2D eigenvalue weighted by Crippen LogP contribution is 2.59. The maximum atomic E-state index is 16.2. The molecule has 0 aromatic heterocycles. The zero-order valence-corrected chi connectivity index (χ0v) is 45.4. The smallest absolute Gasteiger partial charge is 0.334 e. The molecule has 14 heteroatoms. The number of phenols is 1. The number of phenolic OH excluding ortho intramolecular Hbond substituents is 1. The van der Waals surface area contributed by atoms with E-state index in [1.165, 1.54) is 14.0 Å². The zero-order valence-electron chi connectivity index (χ0n) is 45.4. The van der Waals surface area contributed by atoms with Crippen LogP contribution < -0.4 is 15.4 Å². The predicted octanol–water partition coefficient (Wildman–Crippen LogP) is 7.23. The summed E-state index contributed by atoms with van der Waals surface area (Å²) in [6, 6.07) is 13.6. The van der Waals surface area contributed by atoms with Crippen LogP contribution in [0.15, 0.2) is 65.8 Å². The van der Waals surface area contributed by atoms with Gasteiger partial charge < -0.3 is 55.5 Å². The lowest BCUT2D eigenvalue weighted by Crippen LogP contribution is -2.65. The van der Waals surface area contributed by atoms with Crippen LogP contribution >= 0.6 is 0 Å². The minimum atomic E-state index is -1.67. The Morgan fingerprint density at radius 2 is 1.69 bits per heavy atom. The number of ketones is 1. The van der Waals surface area contributed by atoms with E-state index < -0.39 is 71.2 Å². The van der Waals surface area contributed by atoms with Gasteiger partial charge in [-0.3, -0.25) is 9.59 Å². The van der Waals surface area contributed by atoms with Gasteiger partial charge in [0.15, 0.2) is 0 Å². The van der Waals surface area contributed by atoms with Crippen LogP contribution in [0, 0.1) is 41.4 Å².